The van der Waals surface area contributed by atoms with E-state index in [9.17, 15) is 17.2 Å². The Kier molecular flexibility index (Phi) is 5.11. The molecular weight excluding hydrogens is 428 g/mol. The van der Waals surface area contributed by atoms with E-state index in [2.05, 4.69) is 4.98 Å². The Morgan fingerprint density at radius 3 is 2.45 bits per heavy atom. The van der Waals surface area contributed by atoms with Gasteiger partial charge in [-0.3, -0.25) is 0 Å². The van der Waals surface area contributed by atoms with Crippen LogP contribution in [0, 0.1) is 11.6 Å². The number of aromatic nitrogens is 2. The molecule has 0 saturated carbocycles. The minimum atomic E-state index is -4.02. The van der Waals surface area contributed by atoms with E-state index in [0.29, 0.717) is 34.0 Å². The fourth-order valence-electron chi connectivity index (χ4n) is 3.35. The second kappa shape index (κ2) is 7.64. The molecule has 2 heterocycles. The maximum atomic E-state index is 14.2. The van der Waals surface area contributed by atoms with Crippen LogP contribution >= 0.6 is 0 Å². The molecule has 0 atom stereocenters. The maximum absolute atomic E-state index is 14.2. The highest BCUT2D eigenvalue weighted by molar-refractivity contribution is 7.89. The lowest BCUT2D eigenvalue weighted by Crippen LogP contribution is -2.12. The summed E-state index contributed by atoms with van der Waals surface area (Å²) in [6.07, 6.45) is 3.29. The molecule has 10 heteroatoms. The molecule has 7 nitrogen and oxygen atoms in total. The first-order valence-corrected chi connectivity index (χ1v) is 10.5. The Labute approximate surface area is 176 Å². The van der Waals surface area contributed by atoms with E-state index in [0.717, 1.165) is 12.1 Å². The van der Waals surface area contributed by atoms with Crippen LogP contribution in [0.15, 0.2) is 59.8 Å². The summed E-state index contributed by atoms with van der Waals surface area (Å²) in [5.74, 6) is -1.33. The quantitative estimate of drug-likeness (QED) is 0.502. The summed E-state index contributed by atoms with van der Waals surface area (Å²) in [5, 5.41) is 6.00. The molecule has 0 aliphatic carbocycles. The van der Waals surface area contributed by atoms with Crippen LogP contribution in [0.5, 0.6) is 17.4 Å². The molecule has 2 aromatic carbocycles. The molecular formula is C21H17F2N3O4S. The first-order valence-electron chi connectivity index (χ1n) is 8.97. The number of rotatable bonds is 5. The number of aryl methyl sites for hydroxylation is 1. The van der Waals surface area contributed by atoms with Crippen molar-refractivity contribution in [2.45, 2.75) is 4.90 Å². The number of ether oxygens (including phenoxy) is 2. The SMILES string of the molecule is COc1nccc2c(-c3cc(S(N)(=O)=O)ccc3Oc3ccc(F)cc3F)cn(C)c12. The van der Waals surface area contributed by atoms with Gasteiger partial charge in [-0.15, -0.1) is 0 Å². The molecule has 4 aromatic rings. The molecule has 0 unspecified atom stereocenters. The molecule has 0 aliphatic rings. The molecule has 2 aromatic heterocycles. The summed E-state index contributed by atoms with van der Waals surface area (Å²) >= 11 is 0. The first kappa shape index (κ1) is 20.8. The van der Waals surface area contributed by atoms with E-state index in [1.165, 1.54) is 25.3 Å². The van der Waals surface area contributed by atoms with Crippen molar-refractivity contribution in [3.63, 3.8) is 0 Å². The number of hydrogen-bond donors (Lipinski definition) is 1. The van der Waals surface area contributed by atoms with Gasteiger partial charge in [-0.1, -0.05) is 0 Å². The number of primary sulfonamides is 1. The smallest absolute Gasteiger partial charge is 0.238 e. The van der Waals surface area contributed by atoms with Crippen LogP contribution < -0.4 is 14.6 Å². The lowest BCUT2D eigenvalue weighted by atomic mass is 10.0. The summed E-state index contributed by atoms with van der Waals surface area (Å²) in [6.45, 7) is 0. The second-order valence-electron chi connectivity index (χ2n) is 6.75. The predicted octanol–water partition coefficient (Wildman–Crippen LogP) is 3.97. The molecule has 0 aliphatic heterocycles. The molecule has 0 radical (unpaired) electrons. The van der Waals surface area contributed by atoms with Crippen LogP contribution in [0.4, 0.5) is 8.78 Å². The third-order valence-corrected chi connectivity index (χ3v) is 5.64. The molecule has 0 amide bonds. The number of methoxy groups -OCH3 is 1. The normalized spacial score (nSPS) is 11.6. The van der Waals surface area contributed by atoms with E-state index < -0.39 is 21.7 Å². The summed E-state index contributed by atoms with van der Waals surface area (Å²) in [7, 11) is -0.754. The highest BCUT2D eigenvalue weighted by Gasteiger charge is 2.20. The van der Waals surface area contributed by atoms with E-state index in [4.69, 9.17) is 14.6 Å². The summed E-state index contributed by atoms with van der Waals surface area (Å²) in [4.78, 5) is 4.04. The van der Waals surface area contributed by atoms with Gasteiger partial charge in [-0.05, 0) is 36.4 Å². The second-order valence-corrected chi connectivity index (χ2v) is 8.31. The average Bonchev–Trinajstić information content (AvgIpc) is 3.06. The number of hydrogen-bond acceptors (Lipinski definition) is 5. The van der Waals surface area contributed by atoms with Crippen molar-refractivity contribution >= 4 is 20.9 Å². The zero-order valence-corrected chi connectivity index (χ0v) is 17.3. The van der Waals surface area contributed by atoms with Gasteiger partial charge in [0.2, 0.25) is 15.9 Å². The van der Waals surface area contributed by atoms with Crippen molar-refractivity contribution in [3.05, 3.63) is 66.5 Å². The molecule has 160 valence electrons. The van der Waals surface area contributed by atoms with Gasteiger partial charge in [0.05, 0.1) is 12.0 Å². The predicted molar refractivity (Wildman–Crippen MR) is 111 cm³/mol. The number of halogens is 2. The largest absolute Gasteiger partial charge is 0.479 e. The fourth-order valence-corrected chi connectivity index (χ4v) is 3.89. The van der Waals surface area contributed by atoms with E-state index in [-0.39, 0.29) is 16.4 Å². The van der Waals surface area contributed by atoms with Crippen LogP contribution in [0.3, 0.4) is 0 Å². The van der Waals surface area contributed by atoms with Crippen LogP contribution in [0.1, 0.15) is 0 Å². The summed E-state index contributed by atoms with van der Waals surface area (Å²) < 4.78 is 64.1. The molecule has 4 rings (SSSR count). The Morgan fingerprint density at radius 1 is 1.03 bits per heavy atom. The van der Waals surface area contributed by atoms with Gasteiger partial charge in [0.15, 0.2) is 11.6 Å². The Balaban J connectivity index is 1.97. The van der Waals surface area contributed by atoms with Crippen LogP contribution in [0.25, 0.3) is 22.0 Å². The lowest BCUT2D eigenvalue weighted by Gasteiger charge is -2.13. The number of nitrogens with zero attached hydrogens (tertiary/aromatic N) is 2. The van der Waals surface area contributed by atoms with Gasteiger partial charge in [-0.25, -0.2) is 27.3 Å². The van der Waals surface area contributed by atoms with Crippen molar-refractivity contribution in [2.24, 2.45) is 12.2 Å². The highest BCUT2D eigenvalue weighted by Crippen LogP contribution is 2.41. The monoisotopic (exact) mass is 445 g/mol. The standard InChI is InChI=1S/C21H17F2N3O4S/c1-26-11-16(14-7-8-25-21(29-2)20(14)26)15-10-13(31(24,27)28)4-6-18(15)30-19-5-3-12(22)9-17(19)23/h3-11H,1-2H3,(H2,24,27,28). The Hall–Kier alpha value is -3.50. The van der Waals surface area contributed by atoms with Gasteiger partial charge in [0.1, 0.15) is 17.1 Å². The Morgan fingerprint density at radius 2 is 1.77 bits per heavy atom. The lowest BCUT2D eigenvalue weighted by molar-refractivity contribution is 0.401. The fraction of sp³-hybridized carbons (Fsp3) is 0.0952. The summed E-state index contributed by atoms with van der Waals surface area (Å²) in [6, 6.07) is 8.61. The third kappa shape index (κ3) is 3.82. The minimum absolute atomic E-state index is 0.146. The van der Waals surface area contributed by atoms with Crippen LogP contribution in [0.2, 0.25) is 0 Å². The number of pyridine rings is 1. The van der Waals surface area contributed by atoms with Gasteiger partial charge in [-0.2, -0.15) is 0 Å². The average molecular weight is 445 g/mol. The topological polar surface area (TPSA) is 96.4 Å². The zero-order chi connectivity index (χ0) is 22.3. The van der Waals surface area contributed by atoms with E-state index >= 15 is 0 Å². The van der Waals surface area contributed by atoms with Crippen molar-refractivity contribution < 1.29 is 26.7 Å². The first-order chi connectivity index (χ1) is 14.7. The number of benzene rings is 2. The van der Waals surface area contributed by atoms with Crippen molar-refractivity contribution in [1.82, 2.24) is 9.55 Å². The van der Waals surface area contributed by atoms with Gasteiger partial charge in [0.25, 0.3) is 0 Å². The highest BCUT2D eigenvalue weighted by atomic mass is 32.2. The number of sulfonamides is 1. The zero-order valence-electron chi connectivity index (χ0n) is 16.5. The van der Waals surface area contributed by atoms with Crippen LogP contribution in [-0.4, -0.2) is 25.1 Å². The molecule has 0 saturated heterocycles. The van der Waals surface area contributed by atoms with Gasteiger partial charge in [0, 0.05) is 42.0 Å². The third-order valence-electron chi connectivity index (χ3n) is 4.73. The van der Waals surface area contributed by atoms with Gasteiger partial charge >= 0.3 is 0 Å². The number of nitrogens with two attached hydrogens (primary N) is 1. The van der Waals surface area contributed by atoms with E-state index in [1.54, 1.807) is 30.1 Å². The summed E-state index contributed by atoms with van der Waals surface area (Å²) in [5.41, 5.74) is 1.59. The van der Waals surface area contributed by atoms with E-state index in [1.807, 2.05) is 0 Å². The Bertz CT molecular complexity index is 1420. The number of fused-ring (bicyclic) bond motifs is 1. The molecule has 31 heavy (non-hydrogen) atoms. The molecule has 2 N–H and O–H groups in total. The maximum Gasteiger partial charge on any atom is 0.238 e. The van der Waals surface area contributed by atoms with Gasteiger partial charge < -0.3 is 14.0 Å². The van der Waals surface area contributed by atoms with Crippen LogP contribution in [-0.2, 0) is 17.1 Å². The molecule has 0 fully saturated rings. The van der Waals surface area contributed by atoms with Crippen molar-refractivity contribution in [3.8, 4) is 28.5 Å². The van der Waals surface area contributed by atoms with Crippen molar-refractivity contribution in [1.29, 1.82) is 0 Å². The molecule has 0 bridgehead atoms. The minimum Gasteiger partial charge on any atom is -0.479 e. The van der Waals surface area contributed by atoms with Crippen molar-refractivity contribution in [2.75, 3.05) is 7.11 Å². The molecule has 0 spiro atoms.